The predicted molar refractivity (Wildman–Crippen MR) is 98.2 cm³/mol. The largest absolute Gasteiger partial charge is 0.492 e. The van der Waals surface area contributed by atoms with Gasteiger partial charge < -0.3 is 14.8 Å². The van der Waals surface area contributed by atoms with E-state index in [1.807, 2.05) is 18.2 Å². The normalized spacial score (nSPS) is 17.3. The molecule has 132 valence electrons. The molecule has 0 saturated heterocycles. The van der Waals surface area contributed by atoms with Gasteiger partial charge in [-0.2, -0.15) is 0 Å². The summed E-state index contributed by atoms with van der Waals surface area (Å²) >= 11 is 0. The summed E-state index contributed by atoms with van der Waals surface area (Å²) in [6.45, 7) is 3.79. The fourth-order valence-electron chi connectivity index (χ4n) is 3.29. The molecule has 0 saturated carbocycles. The Hall–Kier alpha value is -2.33. The molecule has 4 heteroatoms. The van der Waals surface area contributed by atoms with E-state index in [0.29, 0.717) is 18.1 Å². The van der Waals surface area contributed by atoms with Crippen molar-refractivity contribution in [3.8, 4) is 5.75 Å². The van der Waals surface area contributed by atoms with Crippen LogP contribution in [0.2, 0.25) is 0 Å². The highest BCUT2D eigenvalue weighted by molar-refractivity contribution is 5.91. The maximum atomic E-state index is 12.0. The van der Waals surface area contributed by atoms with Gasteiger partial charge in [0, 0.05) is 11.6 Å². The first-order valence-electron chi connectivity index (χ1n) is 8.80. The minimum absolute atomic E-state index is 0.210. The third-order valence-corrected chi connectivity index (χ3v) is 4.81. The van der Waals surface area contributed by atoms with E-state index in [4.69, 9.17) is 9.47 Å². The standard InChI is InChI=1S/C21H25NO3/c1-15(16-7-4-3-5-8-16)11-12-22-17-13-19-18(21(23)24-2)9-6-10-20(19)25-14-17/h3-10,15,17,22H,11-14H2,1-2H3. The first-order chi connectivity index (χ1) is 12.2. The lowest BCUT2D eigenvalue weighted by Gasteiger charge is -2.28. The Morgan fingerprint density at radius 1 is 1.24 bits per heavy atom. The van der Waals surface area contributed by atoms with Crippen molar-refractivity contribution in [3.05, 3.63) is 65.2 Å². The molecule has 3 rings (SSSR count). The van der Waals surface area contributed by atoms with Crippen molar-refractivity contribution in [2.75, 3.05) is 20.3 Å². The van der Waals surface area contributed by atoms with Crippen LogP contribution in [-0.2, 0) is 11.2 Å². The molecule has 0 aromatic heterocycles. The third kappa shape index (κ3) is 4.20. The van der Waals surface area contributed by atoms with Crippen LogP contribution in [0.15, 0.2) is 48.5 Å². The Morgan fingerprint density at radius 2 is 2.04 bits per heavy atom. The summed E-state index contributed by atoms with van der Waals surface area (Å²) in [5, 5.41) is 3.57. The summed E-state index contributed by atoms with van der Waals surface area (Å²) in [5.41, 5.74) is 2.90. The predicted octanol–water partition coefficient (Wildman–Crippen LogP) is 3.56. The zero-order valence-electron chi connectivity index (χ0n) is 14.8. The maximum Gasteiger partial charge on any atom is 0.338 e. The molecule has 0 radical (unpaired) electrons. The Kier molecular flexibility index (Phi) is 5.71. The Morgan fingerprint density at radius 3 is 2.80 bits per heavy atom. The summed E-state index contributed by atoms with van der Waals surface area (Å²) in [7, 11) is 1.41. The molecule has 4 nitrogen and oxygen atoms in total. The summed E-state index contributed by atoms with van der Waals surface area (Å²) in [5.74, 6) is 0.994. The van der Waals surface area contributed by atoms with E-state index < -0.39 is 0 Å². The topological polar surface area (TPSA) is 47.6 Å². The molecule has 0 aliphatic carbocycles. The van der Waals surface area contributed by atoms with Crippen LogP contribution in [0, 0.1) is 0 Å². The van der Waals surface area contributed by atoms with Gasteiger partial charge in [-0.15, -0.1) is 0 Å². The van der Waals surface area contributed by atoms with Crippen molar-refractivity contribution < 1.29 is 14.3 Å². The van der Waals surface area contributed by atoms with Crippen molar-refractivity contribution >= 4 is 5.97 Å². The monoisotopic (exact) mass is 339 g/mol. The van der Waals surface area contributed by atoms with E-state index in [9.17, 15) is 4.79 Å². The molecule has 0 bridgehead atoms. The minimum Gasteiger partial charge on any atom is -0.492 e. The molecule has 1 aliphatic heterocycles. The van der Waals surface area contributed by atoms with Crippen LogP contribution >= 0.6 is 0 Å². The molecule has 0 fully saturated rings. The lowest BCUT2D eigenvalue weighted by molar-refractivity contribution is 0.0597. The highest BCUT2D eigenvalue weighted by Crippen LogP contribution is 2.28. The Bertz CT molecular complexity index is 714. The van der Waals surface area contributed by atoms with Gasteiger partial charge in [-0.3, -0.25) is 0 Å². The van der Waals surface area contributed by atoms with Crippen LogP contribution in [0.25, 0.3) is 0 Å². The van der Waals surface area contributed by atoms with Gasteiger partial charge in [0.15, 0.2) is 0 Å². The van der Waals surface area contributed by atoms with Crippen LogP contribution in [0.4, 0.5) is 0 Å². The van der Waals surface area contributed by atoms with Gasteiger partial charge in [0.1, 0.15) is 12.4 Å². The van der Waals surface area contributed by atoms with Crippen molar-refractivity contribution in [2.24, 2.45) is 0 Å². The number of carbonyl (C=O) groups is 1. The molecule has 1 aliphatic rings. The highest BCUT2D eigenvalue weighted by atomic mass is 16.5. The summed E-state index contributed by atoms with van der Waals surface area (Å²) in [6, 6.07) is 16.3. The molecule has 2 aromatic rings. The zero-order chi connectivity index (χ0) is 17.6. The average molecular weight is 339 g/mol. The molecule has 2 unspecified atom stereocenters. The van der Waals surface area contributed by atoms with Gasteiger partial charge in [-0.25, -0.2) is 4.79 Å². The smallest absolute Gasteiger partial charge is 0.338 e. The van der Waals surface area contributed by atoms with Crippen LogP contribution in [0.5, 0.6) is 5.75 Å². The van der Waals surface area contributed by atoms with Gasteiger partial charge in [-0.05, 0) is 43.0 Å². The number of fused-ring (bicyclic) bond motifs is 1. The number of ether oxygens (including phenoxy) is 2. The molecule has 25 heavy (non-hydrogen) atoms. The van der Waals surface area contributed by atoms with Crippen LogP contribution in [-0.4, -0.2) is 32.3 Å². The van der Waals surface area contributed by atoms with Gasteiger partial charge in [0.05, 0.1) is 12.7 Å². The van der Waals surface area contributed by atoms with Crippen LogP contribution in [0.3, 0.4) is 0 Å². The molecule has 1 N–H and O–H groups in total. The van der Waals surface area contributed by atoms with Crippen molar-refractivity contribution in [2.45, 2.75) is 31.7 Å². The number of nitrogens with one attached hydrogen (secondary N) is 1. The van der Waals surface area contributed by atoms with Gasteiger partial charge >= 0.3 is 5.97 Å². The lowest BCUT2D eigenvalue weighted by Crippen LogP contribution is -2.40. The highest BCUT2D eigenvalue weighted by Gasteiger charge is 2.24. The average Bonchev–Trinajstić information content (AvgIpc) is 2.67. The molecule has 0 amide bonds. The number of benzene rings is 2. The fraction of sp³-hybridized carbons (Fsp3) is 0.381. The number of hydrogen-bond donors (Lipinski definition) is 1. The number of hydrogen-bond acceptors (Lipinski definition) is 4. The molecular weight excluding hydrogens is 314 g/mol. The second kappa shape index (κ2) is 8.17. The van der Waals surface area contributed by atoms with E-state index in [1.54, 1.807) is 6.07 Å². The Balaban J connectivity index is 1.57. The van der Waals surface area contributed by atoms with Gasteiger partial charge in [0.25, 0.3) is 0 Å². The van der Waals surface area contributed by atoms with E-state index in [0.717, 1.165) is 30.7 Å². The molecule has 1 heterocycles. The Labute approximate surface area is 149 Å². The number of esters is 1. The zero-order valence-corrected chi connectivity index (χ0v) is 14.8. The maximum absolute atomic E-state index is 12.0. The summed E-state index contributed by atoms with van der Waals surface area (Å²) in [4.78, 5) is 12.0. The van der Waals surface area contributed by atoms with Gasteiger partial charge in [-0.1, -0.05) is 43.3 Å². The van der Waals surface area contributed by atoms with Crippen LogP contribution < -0.4 is 10.1 Å². The third-order valence-electron chi connectivity index (χ3n) is 4.81. The SMILES string of the molecule is COC(=O)c1cccc2c1CC(NCCC(C)c1ccccc1)CO2. The lowest BCUT2D eigenvalue weighted by atomic mass is 9.96. The number of methoxy groups -OCH3 is 1. The summed E-state index contributed by atoms with van der Waals surface area (Å²) in [6.07, 6.45) is 1.84. The van der Waals surface area contributed by atoms with E-state index in [-0.39, 0.29) is 12.0 Å². The van der Waals surface area contributed by atoms with E-state index in [1.165, 1.54) is 12.7 Å². The first-order valence-corrected chi connectivity index (χ1v) is 8.80. The molecule has 2 aromatic carbocycles. The molecular formula is C21H25NO3. The second-order valence-corrected chi connectivity index (χ2v) is 6.54. The second-order valence-electron chi connectivity index (χ2n) is 6.54. The first kappa shape index (κ1) is 17.5. The van der Waals surface area contributed by atoms with Crippen molar-refractivity contribution in [1.82, 2.24) is 5.32 Å². The number of rotatable bonds is 6. The number of carbonyl (C=O) groups excluding carboxylic acids is 1. The van der Waals surface area contributed by atoms with E-state index >= 15 is 0 Å². The summed E-state index contributed by atoms with van der Waals surface area (Å²) < 4.78 is 10.7. The van der Waals surface area contributed by atoms with Crippen LogP contribution in [0.1, 0.15) is 40.7 Å². The minimum atomic E-state index is -0.307. The van der Waals surface area contributed by atoms with Crippen molar-refractivity contribution in [1.29, 1.82) is 0 Å². The molecule has 0 spiro atoms. The quantitative estimate of drug-likeness (QED) is 0.818. The van der Waals surface area contributed by atoms with E-state index in [2.05, 4.69) is 36.5 Å². The van der Waals surface area contributed by atoms with Gasteiger partial charge in [0.2, 0.25) is 0 Å². The fourth-order valence-corrected chi connectivity index (χ4v) is 3.29. The molecule has 2 atom stereocenters. The van der Waals surface area contributed by atoms with Crippen molar-refractivity contribution in [3.63, 3.8) is 0 Å².